The highest BCUT2D eigenvalue weighted by molar-refractivity contribution is 7.13. The van der Waals surface area contributed by atoms with Gasteiger partial charge in [0, 0.05) is 13.0 Å². The number of aryl methyl sites for hydroxylation is 1. The molecule has 1 aliphatic heterocycles. The highest BCUT2D eigenvalue weighted by atomic mass is 35.5. The molecule has 0 aliphatic carbocycles. The molecule has 1 aromatic rings. The largest absolute Gasteiger partial charge is 0.480 e. The number of aliphatic hydroxyl groups is 1. The lowest BCUT2D eigenvalue weighted by Gasteiger charge is -2.20. The summed E-state index contributed by atoms with van der Waals surface area (Å²) in [6.45, 7) is 1.81. The zero-order valence-corrected chi connectivity index (χ0v) is 11.2. The second-order valence-corrected chi connectivity index (χ2v) is 5.52. The van der Waals surface area contributed by atoms with Crippen LogP contribution < -0.4 is 0 Å². The number of likely N-dealkylation sites (tertiary alicyclic amines) is 1. The molecule has 2 rings (SSSR count). The zero-order valence-electron chi connectivity index (χ0n) is 9.59. The molecule has 1 aromatic heterocycles. The fourth-order valence-electron chi connectivity index (χ4n) is 1.98. The first-order chi connectivity index (χ1) is 8.41. The molecule has 98 valence electrons. The SMILES string of the molecule is Cc1csc(C(=O)N2C[C@@H](O)C[C@H]2C(=O)O)c1Cl. The topological polar surface area (TPSA) is 77.8 Å². The Morgan fingerprint density at radius 2 is 2.22 bits per heavy atom. The van der Waals surface area contributed by atoms with Crippen molar-refractivity contribution in [3.05, 3.63) is 20.8 Å². The molecule has 5 nitrogen and oxygen atoms in total. The number of nitrogens with zero attached hydrogens (tertiary/aromatic N) is 1. The third kappa shape index (κ3) is 2.23. The first kappa shape index (κ1) is 13.3. The van der Waals surface area contributed by atoms with Gasteiger partial charge in [-0.25, -0.2) is 4.79 Å². The van der Waals surface area contributed by atoms with Crippen LogP contribution in [0.25, 0.3) is 0 Å². The maximum Gasteiger partial charge on any atom is 0.326 e. The van der Waals surface area contributed by atoms with E-state index in [0.717, 1.165) is 5.56 Å². The lowest BCUT2D eigenvalue weighted by Crippen LogP contribution is -2.40. The van der Waals surface area contributed by atoms with E-state index in [2.05, 4.69) is 0 Å². The number of β-amino-alcohol motifs (C(OH)–C–C–N with tert-alkyl or cyclic N) is 1. The smallest absolute Gasteiger partial charge is 0.326 e. The summed E-state index contributed by atoms with van der Waals surface area (Å²) < 4.78 is 0. The lowest BCUT2D eigenvalue weighted by molar-refractivity contribution is -0.141. The van der Waals surface area contributed by atoms with E-state index in [1.54, 1.807) is 12.3 Å². The van der Waals surface area contributed by atoms with Crippen molar-refractivity contribution in [3.63, 3.8) is 0 Å². The molecule has 2 heterocycles. The molecule has 2 atom stereocenters. The zero-order chi connectivity index (χ0) is 13.4. The molecular formula is C11H12ClNO4S. The Labute approximate surface area is 113 Å². The van der Waals surface area contributed by atoms with Gasteiger partial charge in [-0.2, -0.15) is 0 Å². The Bertz CT molecular complexity index is 501. The molecule has 0 spiro atoms. The van der Waals surface area contributed by atoms with E-state index in [9.17, 15) is 14.7 Å². The van der Waals surface area contributed by atoms with Crippen molar-refractivity contribution >= 4 is 34.8 Å². The number of thiophene rings is 1. The Kier molecular flexibility index (Phi) is 3.61. The maximum absolute atomic E-state index is 12.2. The van der Waals surface area contributed by atoms with Gasteiger partial charge in [-0.15, -0.1) is 11.3 Å². The van der Waals surface area contributed by atoms with Gasteiger partial charge in [0.25, 0.3) is 5.91 Å². The van der Waals surface area contributed by atoms with Gasteiger partial charge in [0.05, 0.1) is 11.1 Å². The van der Waals surface area contributed by atoms with E-state index in [1.807, 2.05) is 0 Å². The molecule has 1 amide bonds. The summed E-state index contributed by atoms with van der Waals surface area (Å²) in [5.74, 6) is -1.54. The fraction of sp³-hybridized carbons (Fsp3) is 0.455. The van der Waals surface area contributed by atoms with Crippen molar-refractivity contribution in [3.8, 4) is 0 Å². The van der Waals surface area contributed by atoms with Crippen LogP contribution in [0.5, 0.6) is 0 Å². The second kappa shape index (κ2) is 4.87. The number of aliphatic hydroxyl groups excluding tert-OH is 1. The summed E-state index contributed by atoms with van der Waals surface area (Å²) in [4.78, 5) is 24.8. The van der Waals surface area contributed by atoms with Crippen LogP contribution in [0.1, 0.15) is 21.7 Å². The number of hydrogen-bond donors (Lipinski definition) is 2. The molecular weight excluding hydrogens is 278 g/mol. The predicted octanol–water partition coefficient (Wildman–Crippen LogP) is 1.37. The first-order valence-electron chi connectivity index (χ1n) is 5.37. The van der Waals surface area contributed by atoms with Crippen molar-refractivity contribution < 1.29 is 19.8 Å². The van der Waals surface area contributed by atoms with Gasteiger partial charge in [-0.1, -0.05) is 11.6 Å². The number of carbonyl (C=O) groups excluding carboxylic acids is 1. The van der Waals surface area contributed by atoms with Gasteiger partial charge >= 0.3 is 5.97 Å². The predicted molar refractivity (Wildman–Crippen MR) is 67.2 cm³/mol. The first-order valence-corrected chi connectivity index (χ1v) is 6.63. The molecule has 0 radical (unpaired) electrons. The average molecular weight is 290 g/mol. The summed E-state index contributed by atoms with van der Waals surface area (Å²) >= 11 is 7.19. The van der Waals surface area contributed by atoms with Gasteiger partial charge in [0.15, 0.2) is 0 Å². The number of carboxylic acid groups (broad SMARTS) is 1. The monoisotopic (exact) mass is 289 g/mol. The molecule has 1 fully saturated rings. The summed E-state index contributed by atoms with van der Waals surface area (Å²) in [6, 6.07) is -0.981. The Morgan fingerprint density at radius 3 is 2.72 bits per heavy atom. The summed E-state index contributed by atoms with van der Waals surface area (Å²) in [5.41, 5.74) is 0.789. The maximum atomic E-state index is 12.2. The number of carbonyl (C=O) groups is 2. The average Bonchev–Trinajstić information content (AvgIpc) is 2.84. The van der Waals surface area contributed by atoms with Crippen molar-refractivity contribution in [2.45, 2.75) is 25.5 Å². The summed E-state index contributed by atoms with van der Waals surface area (Å²) in [7, 11) is 0. The van der Waals surface area contributed by atoms with Crippen LogP contribution >= 0.6 is 22.9 Å². The molecule has 1 aliphatic rings. The summed E-state index contributed by atoms with van der Waals surface area (Å²) in [6.07, 6.45) is -0.738. The lowest BCUT2D eigenvalue weighted by atomic mass is 10.2. The number of carboxylic acids is 1. The molecule has 1 saturated heterocycles. The van der Waals surface area contributed by atoms with E-state index < -0.39 is 24.0 Å². The molecule has 2 N–H and O–H groups in total. The number of halogens is 1. The van der Waals surface area contributed by atoms with E-state index >= 15 is 0 Å². The number of hydrogen-bond acceptors (Lipinski definition) is 4. The van der Waals surface area contributed by atoms with Gasteiger partial charge in [-0.05, 0) is 17.9 Å². The number of amides is 1. The molecule has 0 unspecified atom stereocenters. The minimum absolute atomic E-state index is 0.0308. The highest BCUT2D eigenvalue weighted by Crippen LogP contribution is 2.30. The number of aliphatic carboxylic acids is 1. The molecule has 18 heavy (non-hydrogen) atoms. The molecule has 0 bridgehead atoms. The second-order valence-electron chi connectivity index (χ2n) is 4.26. The van der Waals surface area contributed by atoms with Crippen LogP contribution in [0.15, 0.2) is 5.38 Å². The molecule has 7 heteroatoms. The van der Waals surface area contributed by atoms with E-state index in [4.69, 9.17) is 16.7 Å². The van der Waals surface area contributed by atoms with E-state index in [0.29, 0.717) is 9.90 Å². The van der Waals surface area contributed by atoms with Gasteiger partial charge in [0.1, 0.15) is 10.9 Å². The third-order valence-electron chi connectivity index (χ3n) is 2.92. The fourth-order valence-corrected chi connectivity index (χ4v) is 3.21. The van der Waals surface area contributed by atoms with Crippen molar-refractivity contribution in [2.75, 3.05) is 6.54 Å². The van der Waals surface area contributed by atoms with Crippen molar-refractivity contribution in [1.29, 1.82) is 0 Å². The Balaban J connectivity index is 2.28. The van der Waals surface area contributed by atoms with Crippen LogP contribution in [0.3, 0.4) is 0 Å². The van der Waals surface area contributed by atoms with Crippen LogP contribution in [0, 0.1) is 6.92 Å². The summed E-state index contributed by atoms with van der Waals surface area (Å²) in [5, 5.41) is 20.6. The van der Waals surface area contributed by atoms with Crippen LogP contribution in [0.4, 0.5) is 0 Å². The normalized spacial score (nSPS) is 23.4. The minimum atomic E-state index is -1.11. The number of rotatable bonds is 2. The molecule has 0 aromatic carbocycles. The standard InChI is InChI=1S/C11H12ClNO4S/c1-5-4-18-9(8(5)12)10(15)13-3-6(14)2-7(13)11(16)17/h4,6-7,14H,2-3H2,1H3,(H,16,17)/t6-,7-/m0/s1. The van der Waals surface area contributed by atoms with Crippen molar-refractivity contribution in [1.82, 2.24) is 4.90 Å². The van der Waals surface area contributed by atoms with Gasteiger partial charge in [0.2, 0.25) is 0 Å². The van der Waals surface area contributed by atoms with Crippen molar-refractivity contribution in [2.24, 2.45) is 0 Å². The van der Waals surface area contributed by atoms with Crippen LogP contribution in [0.2, 0.25) is 5.02 Å². The van der Waals surface area contributed by atoms with E-state index in [-0.39, 0.29) is 13.0 Å². The highest BCUT2D eigenvalue weighted by Gasteiger charge is 2.40. The minimum Gasteiger partial charge on any atom is -0.480 e. The Morgan fingerprint density at radius 1 is 1.56 bits per heavy atom. The van der Waals surface area contributed by atoms with E-state index in [1.165, 1.54) is 16.2 Å². The van der Waals surface area contributed by atoms with Crippen LogP contribution in [-0.2, 0) is 4.79 Å². The van der Waals surface area contributed by atoms with Gasteiger partial charge in [-0.3, -0.25) is 4.79 Å². The molecule has 0 saturated carbocycles. The Hall–Kier alpha value is -1.11. The van der Waals surface area contributed by atoms with Crippen LogP contribution in [-0.4, -0.2) is 45.7 Å². The van der Waals surface area contributed by atoms with Gasteiger partial charge < -0.3 is 15.1 Å². The quantitative estimate of drug-likeness (QED) is 0.862. The third-order valence-corrected chi connectivity index (χ3v) is 4.60.